The molecule has 0 radical (unpaired) electrons. The van der Waals surface area contributed by atoms with Gasteiger partial charge in [-0.1, -0.05) is 93.6 Å². The van der Waals surface area contributed by atoms with Crippen LogP contribution in [0.3, 0.4) is 0 Å². The molecule has 33 nitrogen and oxygen atoms in total. The third kappa shape index (κ3) is 26.2. The average molecular weight is 1650 g/mol. The highest BCUT2D eigenvalue weighted by Gasteiger charge is 2.78. The van der Waals surface area contributed by atoms with Crippen molar-refractivity contribution in [2.24, 2.45) is 22.2 Å². The highest BCUT2D eigenvalue weighted by atomic mass is 16.6. The number of esters is 5. The molecule has 1 heterocycles. The van der Waals surface area contributed by atoms with Gasteiger partial charge in [-0.15, -0.1) is 0 Å². The molecule has 646 valence electrons. The summed E-state index contributed by atoms with van der Waals surface area (Å²) in [5.74, 6) is -9.80. The maximum atomic E-state index is 16.0. The minimum atomic E-state index is -2.54. The fourth-order valence-electron chi connectivity index (χ4n) is 15.5. The van der Waals surface area contributed by atoms with Gasteiger partial charge in [0.25, 0.3) is 0 Å². The largest absolute Gasteiger partial charge is 0.481 e. The Bertz CT molecular complexity index is 3760. The molecule has 5 aliphatic rings. The summed E-state index contributed by atoms with van der Waals surface area (Å²) < 4.78 is 93.9. The number of carboxylic acids is 2. The van der Waals surface area contributed by atoms with E-state index in [0.29, 0.717) is 105 Å². The maximum absolute atomic E-state index is 16.0. The van der Waals surface area contributed by atoms with E-state index < -0.39 is 142 Å². The number of rotatable bonds is 49. The zero-order valence-corrected chi connectivity index (χ0v) is 67.8. The fourth-order valence-corrected chi connectivity index (χ4v) is 15.5. The van der Waals surface area contributed by atoms with Crippen molar-refractivity contribution < 1.29 is 144 Å². The molecule has 1 aliphatic heterocycles. The lowest BCUT2D eigenvalue weighted by Gasteiger charge is -2.67. The number of carbonyl (C=O) groups excluding carboxylic acids is 8. The Morgan fingerprint density at radius 2 is 1.09 bits per heavy atom. The Kier molecular flexibility index (Phi) is 36.9. The molecule has 3 fully saturated rings. The molecule has 2 bridgehead atoms. The molecule has 0 unspecified atom stereocenters. The normalized spacial score (nSPS) is 25.4. The number of alkyl carbamates (subject to hydrolysis) is 1. The second kappa shape index (κ2) is 46.0. The molecule has 2 saturated carbocycles. The molecule has 4 aliphatic carbocycles. The summed E-state index contributed by atoms with van der Waals surface area (Å²) in [5.41, 5.74) is -9.08. The summed E-state index contributed by atoms with van der Waals surface area (Å²) in [5, 5.41) is 49.8. The van der Waals surface area contributed by atoms with Gasteiger partial charge in [-0.3, -0.25) is 33.7 Å². The van der Waals surface area contributed by atoms with Crippen LogP contribution in [-0.2, 0) is 109 Å². The van der Waals surface area contributed by atoms with Crippen molar-refractivity contribution in [3.05, 3.63) is 131 Å². The van der Waals surface area contributed by atoms with Crippen molar-refractivity contribution >= 4 is 59.6 Å². The number of nitrogens with one attached hydrogen (secondary N) is 2. The zero-order valence-electron chi connectivity index (χ0n) is 67.8. The summed E-state index contributed by atoms with van der Waals surface area (Å²) in [6.07, 6.45) is -8.66. The van der Waals surface area contributed by atoms with Crippen LogP contribution < -0.4 is 10.6 Å². The minimum Gasteiger partial charge on any atom is -0.481 e. The van der Waals surface area contributed by atoms with Crippen molar-refractivity contribution in [3.63, 3.8) is 0 Å². The van der Waals surface area contributed by atoms with Crippen molar-refractivity contribution in [1.82, 2.24) is 15.5 Å². The van der Waals surface area contributed by atoms with Gasteiger partial charge in [-0.25, -0.2) is 19.2 Å². The van der Waals surface area contributed by atoms with Crippen LogP contribution in [0.25, 0.3) is 0 Å². The van der Waals surface area contributed by atoms with E-state index in [1.807, 2.05) is 6.92 Å². The Morgan fingerprint density at radius 1 is 0.598 bits per heavy atom. The molecule has 0 spiro atoms. The van der Waals surface area contributed by atoms with E-state index in [-0.39, 0.29) is 125 Å². The number of amides is 2. The number of aliphatic hydroxyl groups is 2. The van der Waals surface area contributed by atoms with Crippen LogP contribution in [0.2, 0.25) is 0 Å². The first-order valence-electron chi connectivity index (χ1n) is 39.8. The third-order valence-corrected chi connectivity index (χ3v) is 22.0. The van der Waals surface area contributed by atoms with Crippen molar-refractivity contribution in [2.75, 3.05) is 152 Å². The standard InChI is InChI=1S/C84H115N3O30/c1-56-63(54-84(101)74(116-76(97)61-23-15-10-16-24-61)72-82(7,64(90)53-65-83(72,55-111-65)117-58(3)89)73(95)70(112-57(2)88)68(56)80(84,4)5)114-77(98)71(115-75(96)60-21-13-9-14-22-60)69(59-19-11-8-12-20-59)86-79(100)113-62-25-17-18-29-81(6,30-26-62)78(99)85-31-37-104-43-49-110-52-46-107-40-34-87(32-38-105-44-50-108-47-41-102-35-27-66(91)92)33-39-106-45-51-109-48-42-103-36-28-67(93)94/h8-17,19-25,62-65,69-72,74,90,101H,18,26-55H2,1-7H3,(H,85,99)(H,86,100)(H,91,92)(H,93,94)/b25-17+/t62-,63-,64-,65+,69-,70+,71+,72-,74-,81+,82+,83-,84+/m0/s1. The smallest absolute Gasteiger partial charge is 0.408 e. The number of nitrogens with zero attached hydrogens (tertiary/aromatic N) is 1. The molecular weight excluding hydrogens is 1530 g/mol. The molecule has 0 aromatic heterocycles. The van der Waals surface area contributed by atoms with Crippen molar-refractivity contribution in [2.45, 2.75) is 160 Å². The maximum Gasteiger partial charge on any atom is 0.408 e. The number of carboxylic acid groups (broad SMARTS) is 2. The molecule has 33 heteroatoms. The monoisotopic (exact) mass is 1650 g/mol. The van der Waals surface area contributed by atoms with Gasteiger partial charge < -0.3 is 107 Å². The van der Waals surface area contributed by atoms with Gasteiger partial charge in [-0.2, -0.15) is 0 Å². The number of aliphatic hydroxyl groups excluding tert-OH is 1. The summed E-state index contributed by atoms with van der Waals surface area (Å²) in [7, 11) is 0. The Morgan fingerprint density at radius 3 is 1.59 bits per heavy atom. The molecule has 3 aromatic rings. The summed E-state index contributed by atoms with van der Waals surface area (Å²) >= 11 is 0. The summed E-state index contributed by atoms with van der Waals surface area (Å²) in [6, 6.07) is 21.9. The van der Waals surface area contributed by atoms with Crippen LogP contribution in [0.5, 0.6) is 0 Å². The molecule has 117 heavy (non-hydrogen) atoms. The molecule has 6 N–H and O–H groups in total. The lowest BCUT2D eigenvalue weighted by Crippen LogP contribution is -2.82. The number of ether oxygens (including phenoxy) is 16. The van der Waals surface area contributed by atoms with Gasteiger partial charge in [0, 0.05) is 63.7 Å². The predicted molar refractivity (Wildman–Crippen MR) is 414 cm³/mol. The number of ketones is 1. The molecule has 3 aromatic carbocycles. The van der Waals surface area contributed by atoms with Crippen molar-refractivity contribution in [1.29, 1.82) is 0 Å². The SMILES string of the molecule is CC(=O)O[C@H]1C(=O)[C@@]2(C)[C@H]([C@H](OC(=O)c3ccccc3)[C@]3(O)C[C@H](OC(=O)[C@H](OC(=O)c4ccccc4)[C@@H](NC(=O)O[C@H]4/C=C/CC[C@@](C)(C(=O)NCCOCCOCCOCCN(CCOCCOCCOCCC(=O)O)CCOCCOCCOCCC(=O)O)CC4)c4ccccc4)C(C)=C1C3(C)C)[C@]1(OC(C)=O)CO[C@@H]1C[C@@H]2O. The van der Waals surface area contributed by atoms with Crippen LogP contribution in [-0.4, -0.2) is 291 Å². The number of allylic oxidation sites excluding steroid dienone is 1. The number of Topliss-reactive ketones (excluding diaryl/α,β-unsaturated/α-hetero) is 1. The van der Waals surface area contributed by atoms with Gasteiger partial charge in [-0.05, 0) is 86.6 Å². The van der Waals surface area contributed by atoms with E-state index in [1.165, 1.54) is 52.0 Å². The van der Waals surface area contributed by atoms with Gasteiger partial charge in [0.15, 0.2) is 17.5 Å². The molecule has 2 amide bonds. The van der Waals surface area contributed by atoms with E-state index >= 15 is 9.59 Å². The molecule has 1 saturated heterocycles. The van der Waals surface area contributed by atoms with E-state index in [1.54, 1.807) is 78.9 Å². The Labute approximate surface area is 681 Å². The number of aliphatic carboxylic acids is 2. The first-order valence-corrected chi connectivity index (χ1v) is 39.8. The average Bonchev–Trinajstić information content (AvgIpc) is 0.668. The van der Waals surface area contributed by atoms with E-state index in [9.17, 15) is 48.6 Å². The van der Waals surface area contributed by atoms with E-state index in [0.717, 1.165) is 13.8 Å². The van der Waals surface area contributed by atoms with Crippen molar-refractivity contribution in [3.8, 4) is 0 Å². The van der Waals surface area contributed by atoms with Crippen LogP contribution in [0.4, 0.5) is 4.79 Å². The highest BCUT2D eigenvalue weighted by Crippen LogP contribution is 2.64. The number of fused-ring (bicyclic) bond motifs is 5. The van der Waals surface area contributed by atoms with Crippen LogP contribution in [0, 0.1) is 22.2 Å². The minimum absolute atomic E-state index is 0.00171. The highest BCUT2D eigenvalue weighted by molar-refractivity contribution is 5.96. The quantitative estimate of drug-likeness (QED) is 0.0165. The Hall–Kier alpha value is -8.68. The van der Waals surface area contributed by atoms with Crippen LogP contribution in [0.1, 0.15) is 132 Å². The van der Waals surface area contributed by atoms with Gasteiger partial charge in [0.1, 0.15) is 36.1 Å². The summed E-state index contributed by atoms with van der Waals surface area (Å²) in [6.45, 7) is 17.0. The number of benzene rings is 3. The van der Waals surface area contributed by atoms with Crippen LogP contribution >= 0.6 is 0 Å². The summed E-state index contributed by atoms with van der Waals surface area (Å²) in [4.78, 5) is 140. The second-order valence-electron chi connectivity index (χ2n) is 30.3. The van der Waals surface area contributed by atoms with Gasteiger partial charge in [0.05, 0.1) is 167 Å². The fraction of sp³-hybridized carbons (Fsp3) is 0.619. The predicted octanol–water partition coefficient (Wildman–Crippen LogP) is 5.92. The van der Waals surface area contributed by atoms with Gasteiger partial charge in [0.2, 0.25) is 12.0 Å². The van der Waals surface area contributed by atoms with E-state index in [2.05, 4.69) is 15.5 Å². The Balaban J connectivity index is 0.874. The lowest BCUT2D eigenvalue weighted by atomic mass is 9.44. The number of carbonyl (C=O) groups is 10. The number of hydrogen-bond donors (Lipinski definition) is 6. The molecule has 8 rings (SSSR count). The van der Waals surface area contributed by atoms with Crippen LogP contribution in [0.15, 0.2) is 114 Å². The first-order chi connectivity index (χ1) is 56.1. The van der Waals surface area contributed by atoms with E-state index in [4.69, 9.17) is 86.0 Å². The third-order valence-electron chi connectivity index (χ3n) is 22.0. The molecular formula is C84H115N3O30. The first kappa shape index (κ1) is 93.8. The van der Waals surface area contributed by atoms with Gasteiger partial charge >= 0.3 is 47.9 Å². The zero-order chi connectivity index (χ0) is 84.6. The topological polar surface area (TPSA) is 427 Å². The number of hydrogen-bond acceptors (Lipinski definition) is 29. The second-order valence-corrected chi connectivity index (χ2v) is 30.3. The lowest BCUT2D eigenvalue weighted by molar-refractivity contribution is -0.346. The molecule has 13 atom stereocenters.